The second-order valence-corrected chi connectivity index (χ2v) is 3.60. The van der Waals surface area contributed by atoms with Crippen LogP contribution < -0.4 is 15.8 Å². The molecule has 0 unspecified atom stereocenters. The van der Waals surface area contributed by atoms with Gasteiger partial charge in [-0.3, -0.25) is 4.79 Å². The summed E-state index contributed by atoms with van der Waals surface area (Å²) in [6, 6.07) is 1.63. The number of aromatic nitrogens is 1. The van der Waals surface area contributed by atoms with Crippen LogP contribution in [-0.4, -0.2) is 43.5 Å². The number of pyridine rings is 1. The molecule has 0 aliphatic rings. The summed E-state index contributed by atoms with van der Waals surface area (Å²) >= 11 is 0. The van der Waals surface area contributed by atoms with E-state index in [0.29, 0.717) is 23.8 Å². The van der Waals surface area contributed by atoms with Gasteiger partial charge in [-0.25, -0.2) is 4.98 Å². The van der Waals surface area contributed by atoms with Crippen LogP contribution in [0, 0.1) is 0 Å². The molecule has 0 saturated carbocycles. The van der Waals surface area contributed by atoms with Crippen molar-refractivity contribution in [3.05, 3.63) is 12.3 Å². The monoisotopic (exact) mass is 224 g/mol. The van der Waals surface area contributed by atoms with Crippen LogP contribution in [0.2, 0.25) is 0 Å². The number of methoxy groups -OCH3 is 1. The second kappa shape index (κ2) is 5.32. The normalized spacial score (nSPS) is 10.2. The van der Waals surface area contributed by atoms with Gasteiger partial charge in [0.25, 0.3) is 0 Å². The van der Waals surface area contributed by atoms with Gasteiger partial charge in [0.2, 0.25) is 5.91 Å². The molecule has 16 heavy (non-hydrogen) atoms. The van der Waals surface area contributed by atoms with Gasteiger partial charge in [-0.15, -0.1) is 0 Å². The van der Waals surface area contributed by atoms with E-state index in [1.165, 1.54) is 13.3 Å². The Kier molecular flexibility index (Phi) is 4.07. The van der Waals surface area contributed by atoms with Crippen molar-refractivity contribution in [1.82, 2.24) is 9.88 Å². The first kappa shape index (κ1) is 12.3. The third-order valence-corrected chi connectivity index (χ3v) is 1.85. The van der Waals surface area contributed by atoms with E-state index in [9.17, 15) is 4.79 Å². The number of hydrogen-bond acceptors (Lipinski definition) is 5. The average molecular weight is 224 g/mol. The van der Waals surface area contributed by atoms with Crippen LogP contribution >= 0.6 is 0 Å². The number of nitrogen functional groups attached to an aromatic ring is 1. The van der Waals surface area contributed by atoms with Gasteiger partial charge in [-0.2, -0.15) is 0 Å². The molecule has 1 amide bonds. The minimum absolute atomic E-state index is 0.112. The van der Waals surface area contributed by atoms with E-state index in [-0.39, 0.29) is 5.91 Å². The zero-order valence-electron chi connectivity index (χ0n) is 9.65. The molecule has 0 spiro atoms. The summed E-state index contributed by atoms with van der Waals surface area (Å²) in [6.07, 6.45) is 1.49. The Morgan fingerprint density at radius 3 is 2.88 bits per heavy atom. The molecule has 0 aromatic carbocycles. The third kappa shape index (κ3) is 3.39. The molecule has 3 N–H and O–H groups in total. The summed E-state index contributed by atoms with van der Waals surface area (Å²) < 4.78 is 5.00. The number of likely N-dealkylation sites (N-methyl/N-ethyl adjacent to an activating group) is 1. The minimum Gasteiger partial charge on any atom is -0.493 e. The van der Waals surface area contributed by atoms with Gasteiger partial charge >= 0.3 is 0 Å². The lowest BCUT2D eigenvalue weighted by molar-refractivity contribution is -0.116. The van der Waals surface area contributed by atoms with Crippen LogP contribution in [0.5, 0.6) is 5.75 Å². The number of anilines is 2. The molecule has 1 aromatic rings. The number of carbonyl (C=O) groups excluding carboxylic acids is 1. The predicted octanol–water partition coefficient (Wildman–Crippen LogP) is 0.172. The van der Waals surface area contributed by atoms with Crippen LogP contribution in [-0.2, 0) is 4.79 Å². The van der Waals surface area contributed by atoms with E-state index in [0.717, 1.165) is 0 Å². The summed E-state index contributed by atoms with van der Waals surface area (Å²) in [5, 5.41) is 2.70. The lowest BCUT2D eigenvalue weighted by atomic mass is 10.3. The van der Waals surface area contributed by atoms with Crippen molar-refractivity contribution in [2.45, 2.75) is 0 Å². The zero-order chi connectivity index (χ0) is 12.1. The molecule has 0 fully saturated rings. The van der Waals surface area contributed by atoms with Crippen LogP contribution in [0.1, 0.15) is 0 Å². The average Bonchev–Trinajstić information content (AvgIpc) is 2.19. The molecule has 0 radical (unpaired) electrons. The maximum absolute atomic E-state index is 11.5. The quantitative estimate of drug-likeness (QED) is 0.762. The number of nitrogens with zero attached hydrogens (tertiary/aromatic N) is 2. The number of hydrogen-bond donors (Lipinski definition) is 2. The van der Waals surface area contributed by atoms with Crippen molar-refractivity contribution < 1.29 is 9.53 Å². The van der Waals surface area contributed by atoms with Crippen LogP contribution in [0.15, 0.2) is 12.3 Å². The Balaban J connectivity index is 2.71. The highest BCUT2D eigenvalue weighted by Crippen LogP contribution is 2.21. The number of nitrogens with two attached hydrogens (primary N) is 1. The van der Waals surface area contributed by atoms with Crippen LogP contribution in [0.3, 0.4) is 0 Å². The molecule has 1 rings (SSSR count). The van der Waals surface area contributed by atoms with E-state index >= 15 is 0 Å². The third-order valence-electron chi connectivity index (χ3n) is 1.85. The lowest BCUT2D eigenvalue weighted by Gasteiger charge is -2.11. The van der Waals surface area contributed by atoms with Gasteiger partial charge in [0, 0.05) is 6.07 Å². The number of amides is 1. The smallest absolute Gasteiger partial charge is 0.238 e. The summed E-state index contributed by atoms with van der Waals surface area (Å²) in [7, 11) is 5.14. The summed E-state index contributed by atoms with van der Waals surface area (Å²) in [4.78, 5) is 17.1. The van der Waals surface area contributed by atoms with E-state index in [2.05, 4.69) is 10.3 Å². The first-order chi connectivity index (χ1) is 7.52. The molecule has 0 bridgehead atoms. The Bertz CT molecular complexity index is 379. The van der Waals surface area contributed by atoms with Crippen molar-refractivity contribution in [2.24, 2.45) is 0 Å². The Morgan fingerprint density at radius 2 is 2.31 bits per heavy atom. The minimum atomic E-state index is -0.112. The number of carbonyl (C=O) groups is 1. The molecule has 0 aliphatic carbocycles. The lowest BCUT2D eigenvalue weighted by Crippen LogP contribution is -2.27. The second-order valence-electron chi connectivity index (χ2n) is 3.60. The molecule has 6 heteroatoms. The van der Waals surface area contributed by atoms with Crippen LogP contribution in [0.4, 0.5) is 11.5 Å². The maximum Gasteiger partial charge on any atom is 0.238 e. The topological polar surface area (TPSA) is 80.5 Å². The molecular weight excluding hydrogens is 208 g/mol. The molecule has 1 aromatic heterocycles. The molecule has 0 atom stereocenters. The Hall–Kier alpha value is -1.82. The molecule has 6 nitrogen and oxygen atoms in total. The fourth-order valence-corrected chi connectivity index (χ4v) is 1.17. The molecule has 0 aliphatic heterocycles. The van der Waals surface area contributed by atoms with Gasteiger partial charge < -0.3 is 20.7 Å². The van der Waals surface area contributed by atoms with E-state index < -0.39 is 0 Å². The highest BCUT2D eigenvalue weighted by Gasteiger charge is 2.06. The van der Waals surface area contributed by atoms with Gasteiger partial charge in [0.05, 0.1) is 25.5 Å². The molecular formula is C10H16N4O2. The summed E-state index contributed by atoms with van der Waals surface area (Å²) in [5.41, 5.74) is 6.12. The Labute approximate surface area is 94.4 Å². The van der Waals surface area contributed by atoms with Crippen molar-refractivity contribution in [3.63, 3.8) is 0 Å². The summed E-state index contributed by atoms with van der Waals surface area (Å²) in [6.45, 7) is 0.312. The van der Waals surface area contributed by atoms with Crippen molar-refractivity contribution in [1.29, 1.82) is 0 Å². The van der Waals surface area contributed by atoms with E-state index in [1.807, 2.05) is 14.1 Å². The molecule has 1 heterocycles. The number of rotatable bonds is 4. The first-order valence-corrected chi connectivity index (χ1v) is 4.77. The zero-order valence-corrected chi connectivity index (χ0v) is 9.65. The SMILES string of the molecule is COc1cc(NC(=O)CN(C)C)cnc1N. The van der Waals surface area contributed by atoms with Gasteiger partial charge in [-0.05, 0) is 14.1 Å². The van der Waals surface area contributed by atoms with Gasteiger partial charge in [-0.1, -0.05) is 0 Å². The Morgan fingerprint density at radius 1 is 1.62 bits per heavy atom. The predicted molar refractivity (Wildman–Crippen MR) is 62.4 cm³/mol. The highest BCUT2D eigenvalue weighted by molar-refractivity contribution is 5.92. The van der Waals surface area contributed by atoms with Gasteiger partial charge in [0.15, 0.2) is 11.6 Å². The number of nitrogens with one attached hydrogen (secondary N) is 1. The standard InChI is InChI=1S/C10H16N4O2/c1-14(2)6-9(15)13-7-4-8(16-3)10(11)12-5-7/h4-5H,6H2,1-3H3,(H2,11,12)(H,13,15). The maximum atomic E-state index is 11.5. The largest absolute Gasteiger partial charge is 0.493 e. The summed E-state index contributed by atoms with van der Waals surface area (Å²) in [5.74, 6) is 0.634. The van der Waals surface area contributed by atoms with Crippen LogP contribution in [0.25, 0.3) is 0 Å². The first-order valence-electron chi connectivity index (χ1n) is 4.77. The molecule has 88 valence electrons. The van der Waals surface area contributed by atoms with Crippen molar-refractivity contribution in [2.75, 3.05) is 38.8 Å². The van der Waals surface area contributed by atoms with Gasteiger partial charge in [0.1, 0.15) is 0 Å². The van der Waals surface area contributed by atoms with E-state index in [4.69, 9.17) is 10.5 Å². The van der Waals surface area contributed by atoms with Crippen molar-refractivity contribution >= 4 is 17.4 Å². The highest BCUT2D eigenvalue weighted by atomic mass is 16.5. The fourth-order valence-electron chi connectivity index (χ4n) is 1.17. The molecule has 0 saturated heterocycles. The number of ether oxygens (including phenoxy) is 1. The van der Waals surface area contributed by atoms with Crippen molar-refractivity contribution in [3.8, 4) is 5.75 Å². The fraction of sp³-hybridized carbons (Fsp3) is 0.400. The van der Waals surface area contributed by atoms with E-state index in [1.54, 1.807) is 11.0 Å².